The zero-order valence-electron chi connectivity index (χ0n) is 15.2. The average molecular weight is 394 g/mol. The van der Waals surface area contributed by atoms with Crippen molar-refractivity contribution in [2.45, 2.75) is 25.6 Å². The predicted molar refractivity (Wildman–Crippen MR) is 96.8 cm³/mol. The largest absolute Gasteiger partial charge is 0.573 e. The van der Waals surface area contributed by atoms with Gasteiger partial charge in [-0.2, -0.15) is 0 Å². The minimum absolute atomic E-state index is 0.0299. The van der Waals surface area contributed by atoms with Gasteiger partial charge in [-0.1, -0.05) is 12.1 Å². The van der Waals surface area contributed by atoms with E-state index < -0.39 is 6.36 Å². The maximum atomic E-state index is 12.5. The van der Waals surface area contributed by atoms with Crippen LogP contribution in [-0.4, -0.2) is 41.9 Å². The van der Waals surface area contributed by atoms with E-state index in [4.69, 9.17) is 0 Å². The van der Waals surface area contributed by atoms with Gasteiger partial charge in [0.2, 0.25) is 11.9 Å². The van der Waals surface area contributed by atoms with Crippen molar-refractivity contribution in [1.29, 1.82) is 0 Å². The third-order valence-corrected chi connectivity index (χ3v) is 4.50. The molecule has 1 unspecified atom stereocenters. The molecule has 2 heterocycles. The molecule has 1 fully saturated rings. The van der Waals surface area contributed by atoms with Gasteiger partial charge in [0.25, 0.3) is 0 Å². The van der Waals surface area contributed by atoms with E-state index in [-0.39, 0.29) is 17.6 Å². The first-order valence-corrected chi connectivity index (χ1v) is 9.05. The summed E-state index contributed by atoms with van der Waals surface area (Å²) in [4.78, 5) is 22.9. The van der Waals surface area contributed by atoms with Gasteiger partial charge in [0.05, 0.1) is 5.92 Å². The first-order valence-electron chi connectivity index (χ1n) is 9.05. The molecule has 6 nitrogen and oxygen atoms in total. The molecule has 0 spiro atoms. The van der Waals surface area contributed by atoms with Crippen LogP contribution in [0.25, 0.3) is 0 Å². The summed E-state index contributed by atoms with van der Waals surface area (Å²) in [6.07, 6.45) is 0.869. The quantitative estimate of drug-likeness (QED) is 0.816. The summed E-state index contributed by atoms with van der Waals surface area (Å²) < 4.78 is 40.3. The monoisotopic (exact) mass is 394 g/mol. The van der Waals surface area contributed by atoms with Crippen molar-refractivity contribution in [3.63, 3.8) is 0 Å². The Kier molecular flexibility index (Phi) is 6.33. The van der Waals surface area contributed by atoms with Crippen LogP contribution in [0.3, 0.4) is 0 Å². The number of carbonyl (C=O) groups excluding carboxylic acids is 1. The van der Waals surface area contributed by atoms with Gasteiger partial charge in [0.1, 0.15) is 5.75 Å². The summed E-state index contributed by atoms with van der Waals surface area (Å²) in [5.74, 6) is 0.199. The lowest BCUT2D eigenvalue weighted by molar-refractivity contribution is -0.274. The number of benzene rings is 1. The maximum Gasteiger partial charge on any atom is 0.573 e. The summed E-state index contributed by atoms with van der Waals surface area (Å²) in [6.45, 7) is 1.80. The van der Waals surface area contributed by atoms with Crippen molar-refractivity contribution < 1.29 is 22.7 Å². The van der Waals surface area contributed by atoms with E-state index in [1.807, 2.05) is 4.90 Å². The van der Waals surface area contributed by atoms with E-state index in [2.05, 4.69) is 20.0 Å². The normalized spacial score (nSPS) is 17.2. The molecule has 1 N–H and O–H groups in total. The highest BCUT2D eigenvalue weighted by molar-refractivity contribution is 5.79. The lowest BCUT2D eigenvalue weighted by Gasteiger charge is -2.31. The second kappa shape index (κ2) is 8.90. The smallest absolute Gasteiger partial charge is 0.406 e. The topological polar surface area (TPSA) is 67.3 Å². The molecule has 9 heteroatoms. The Morgan fingerprint density at radius 1 is 1.21 bits per heavy atom. The first-order chi connectivity index (χ1) is 13.4. The van der Waals surface area contributed by atoms with E-state index in [9.17, 15) is 18.0 Å². The van der Waals surface area contributed by atoms with Gasteiger partial charge in [-0.15, -0.1) is 13.2 Å². The summed E-state index contributed by atoms with van der Waals surface area (Å²) in [5, 5.41) is 2.91. The molecule has 1 aromatic heterocycles. The zero-order valence-corrected chi connectivity index (χ0v) is 15.2. The number of hydrogen-bond acceptors (Lipinski definition) is 5. The maximum absolute atomic E-state index is 12.5. The SMILES string of the molecule is O=C(NCCc1ccc(OC(F)(F)F)cc1)C1CCCN(c2ncccn2)C1. The molecule has 1 saturated heterocycles. The van der Waals surface area contributed by atoms with Crippen LogP contribution in [0.1, 0.15) is 18.4 Å². The molecule has 0 saturated carbocycles. The molecular weight excluding hydrogens is 373 g/mol. The van der Waals surface area contributed by atoms with Crippen molar-refractivity contribution in [2.75, 3.05) is 24.5 Å². The minimum Gasteiger partial charge on any atom is -0.406 e. The average Bonchev–Trinajstić information content (AvgIpc) is 2.69. The van der Waals surface area contributed by atoms with Crippen molar-refractivity contribution >= 4 is 11.9 Å². The number of carbonyl (C=O) groups is 1. The number of halogens is 3. The molecule has 0 aliphatic carbocycles. The molecule has 3 rings (SSSR count). The number of ether oxygens (including phenoxy) is 1. The zero-order chi connectivity index (χ0) is 20.0. The molecule has 0 bridgehead atoms. The molecule has 1 aliphatic heterocycles. The third kappa shape index (κ3) is 5.83. The van der Waals surface area contributed by atoms with Crippen LogP contribution in [0.2, 0.25) is 0 Å². The standard InChI is InChI=1S/C19H21F3N4O2/c20-19(21,22)28-16-6-4-14(5-7-16)8-11-23-17(27)15-3-1-12-26(13-15)18-24-9-2-10-25-18/h2,4-7,9-10,15H,1,3,8,11-13H2,(H,23,27). The van der Waals surface area contributed by atoms with E-state index in [0.717, 1.165) is 24.9 Å². The number of aromatic nitrogens is 2. The Bertz CT molecular complexity index is 769. The molecule has 1 atom stereocenters. The Morgan fingerprint density at radius 3 is 2.61 bits per heavy atom. The van der Waals surface area contributed by atoms with Gasteiger partial charge in [0, 0.05) is 32.0 Å². The van der Waals surface area contributed by atoms with Gasteiger partial charge in [-0.3, -0.25) is 4.79 Å². The molecule has 0 radical (unpaired) electrons. The van der Waals surface area contributed by atoms with E-state index >= 15 is 0 Å². The van der Waals surface area contributed by atoms with Crippen LogP contribution in [0.5, 0.6) is 5.75 Å². The van der Waals surface area contributed by atoms with E-state index in [1.165, 1.54) is 12.1 Å². The van der Waals surface area contributed by atoms with Gasteiger partial charge in [-0.05, 0) is 43.0 Å². The molecule has 1 aliphatic rings. The molecular formula is C19H21F3N4O2. The van der Waals surface area contributed by atoms with Gasteiger partial charge in [0.15, 0.2) is 0 Å². The van der Waals surface area contributed by atoms with Crippen LogP contribution in [-0.2, 0) is 11.2 Å². The summed E-state index contributed by atoms with van der Waals surface area (Å²) in [5.41, 5.74) is 0.817. The second-order valence-corrected chi connectivity index (χ2v) is 6.57. The van der Waals surface area contributed by atoms with Crippen LogP contribution in [0.4, 0.5) is 19.1 Å². The van der Waals surface area contributed by atoms with Crippen molar-refractivity contribution in [2.24, 2.45) is 5.92 Å². The summed E-state index contributed by atoms with van der Waals surface area (Å²) in [6, 6.07) is 7.40. The number of piperidine rings is 1. The highest BCUT2D eigenvalue weighted by atomic mass is 19.4. The minimum atomic E-state index is -4.70. The second-order valence-electron chi connectivity index (χ2n) is 6.57. The number of alkyl halides is 3. The van der Waals surface area contributed by atoms with Crippen LogP contribution in [0, 0.1) is 5.92 Å². The molecule has 1 aromatic carbocycles. The number of rotatable bonds is 6. The lowest BCUT2D eigenvalue weighted by Crippen LogP contribution is -2.44. The van der Waals surface area contributed by atoms with Crippen LogP contribution >= 0.6 is 0 Å². The Labute approximate surface area is 160 Å². The summed E-state index contributed by atoms with van der Waals surface area (Å²) in [7, 11) is 0. The van der Waals surface area contributed by atoms with Crippen molar-refractivity contribution in [3.8, 4) is 5.75 Å². The van der Waals surface area contributed by atoms with Crippen molar-refractivity contribution in [1.82, 2.24) is 15.3 Å². The predicted octanol–water partition coefficient (Wildman–Crippen LogP) is 2.95. The Hall–Kier alpha value is -2.84. The molecule has 28 heavy (non-hydrogen) atoms. The van der Waals surface area contributed by atoms with Crippen molar-refractivity contribution in [3.05, 3.63) is 48.3 Å². The Balaban J connectivity index is 1.45. The fourth-order valence-corrected chi connectivity index (χ4v) is 3.16. The molecule has 150 valence electrons. The van der Waals surface area contributed by atoms with Gasteiger partial charge in [-0.25, -0.2) is 9.97 Å². The first kappa shape index (κ1) is 19.9. The summed E-state index contributed by atoms with van der Waals surface area (Å²) >= 11 is 0. The van der Waals surface area contributed by atoms with E-state index in [0.29, 0.717) is 25.5 Å². The van der Waals surface area contributed by atoms with Gasteiger partial charge < -0.3 is 15.0 Å². The van der Waals surface area contributed by atoms with Crippen LogP contribution < -0.4 is 15.0 Å². The number of anilines is 1. The van der Waals surface area contributed by atoms with Gasteiger partial charge >= 0.3 is 6.36 Å². The number of hydrogen-bond donors (Lipinski definition) is 1. The fraction of sp³-hybridized carbons (Fsp3) is 0.421. The fourth-order valence-electron chi connectivity index (χ4n) is 3.16. The number of nitrogens with one attached hydrogen (secondary N) is 1. The van der Waals surface area contributed by atoms with E-state index in [1.54, 1.807) is 30.6 Å². The van der Waals surface area contributed by atoms with Crippen LogP contribution in [0.15, 0.2) is 42.7 Å². The highest BCUT2D eigenvalue weighted by Crippen LogP contribution is 2.23. The Morgan fingerprint density at radius 2 is 1.93 bits per heavy atom. The lowest BCUT2D eigenvalue weighted by atomic mass is 9.97. The number of amides is 1. The third-order valence-electron chi connectivity index (χ3n) is 4.50. The highest BCUT2D eigenvalue weighted by Gasteiger charge is 2.31. The molecule has 2 aromatic rings. The number of nitrogens with zero attached hydrogens (tertiary/aromatic N) is 3. The molecule has 1 amide bonds.